The topological polar surface area (TPSA) is 34.6 Å². The monoisotopic (exact) mass is 254 g/mol. The van der Waals surface area contributed by atoms with Gasteiger partial charge in [0.1, 0.15) is 11.1 Å². The molecule has 3 heterocycles. The Morgan fingerprint density at radius 1 is 1.65 bits per heavy atom. The van der Waals surface area contributed by atoms with Gasteiger partial charge in [0.05, 0.1) is 12.6 Å². The fraction of sp³-hybridized carbons (Fsp3) is 0.750. The maximum Gasteiger partial charge on any atom is 0.107 e. The van der Waals surface area contributed by atoms with Crippen LogP contribution in [0.4, 0.5) is 0 Å². The first-order chi connectivity index (χ1) is 8.38. The van der Waals surface area contributed by atoms with E-state index in [1.165, 1.54) is 11.4 Å². The van der Waals surface area contributed by atoms with Crippen LogP contribution in [0.25, 0.3) is 0 Å². The summed E-state index contributed by atoms with van der Waals surface area (Å²) in [6, 6.07) is 0.512. The van der Waals surface area contributed by atoms with Gasteiger partial charge in [-0.2, -0.15) is 0 Å². The van der Waals surface area contributed by atoms with Crippen molar-refractivity contribution < 1.29 is 9.47 Å². The third kappa shape index (κ3) is 2.25. The Morgan fingerprint density at radius 2 is 2.59 bits per heavy atom. The summed E-state index contributed by atoms with van der Waals surface area (Å²) in [5, 5.41) is 3.22. The molecule has 0 bridgehead atoms. The molecule has 0 aromatic carbocycles. The number of hydrogen-bond acceptors (Lipinski definition) is 5. The van der Waals surface area contributed by atoms with Crippen molar-refractivity contribution in [3.05, 3.63) is 16.6 Å². The van der Waals surface area contributed by atoms with Gasteiger partial charge in [-0.15, -0.1) is 11.3 Å². The van der Waals surface area contributed by atoms with Crippen molar-refractivity contribution in [3.63, 3.8) is 0 Å². The molecule has 94 valence electrons. The van der Waals surface area contributed by atoms with Gasteiger partial charge in [-0.1, -0.05) is 0 Å². The predicted octanol–water partition coefficient (Wildman–Crippen LogP) is 1.52. The van der Waals surface area contributed by atoms with Gasteiger partial charge in [-0.3, -0.25) is 4.90 Å². The average molecular weight is 254 g/mol. The van der Waals surface area contributed by atoms with Crippen LogP contribution in [0.1, 0.15) is 17.8 Å². The smallest absolute Gasteiger partial charge is 0.107 e. The van der Waals surface area contributed by atoms with E-state index in [2.05, 4.69) is 9.88 Å². The van der Waals surface area contributed by atoms with Gasteiger partial charge < -0.3 is 9.47 Å². The molecule has 0 saturated carbocycles. The number of aromatic nitrogens is 1. The Morgan fingerprint density at radius 3 is 3.35 bits per heavy atom. The van der Waals surface area contributed by atoms with Crippen LogP contribution < -0.4 is 0 Å². The van der Waals surface area contributed by atoms with Gasteiger partial charge >= 0.3 is 0 Å². The number of thiazole rings is 1. The standard InChI is InChI=1S/C12H18N2O2S/c1-15-10-7-14(8-11-13-4-6-17-11)9-3-2-5-16-12(9)10/h4,6,9-10,12H,2-3,5,7-8H2,1H3/t9-,10+,12+/m0/s1. The minimum Gasteiger partial charge on any atom is -0.377 e. The van der Waals surface area contributed by atoms with Crippen molar-refractivity contribution in [3.8, 4) is 0 Å². The Bertz CT molecular complexity index is 357. The molecule has 2 fully saturated rings. The molecule has 0 N–H and O–H groups in total. The van der Waals surface area contributed by atoms with Crippen molar-refractivity contribution >= 4 is 11.3 Å². The number of nitrogens with zero attached hydrogens (tertiary/aromatic N) is 2. The average Bonchev–Trinajstić information content (AvgIpc) is 2.98. The molecular formula is C12H18N2O2S. The van der Waals surface area contributed by atoms with Gasteiger partial charge in [0.2, 0.25) is 0 Å². The molecule has 0 radical (unpaired) electrons. The summed E-state index contributed by atoms with van der Waals surface area (Å²) >= 11 is 1.72. The van der Waals surface area contributed by atoms with Gasteiger partial charge in [0, 0.05) is 37.9 Å². The second kappa shape index (κ2) is 5.02. The van der Waals surface area contributed by atoms with Crippen molar-refractivity contribution in [2.45, 2.75) is 37.6 Å². The number of methoxy groups -OCH3 is 1. The molecule has 17 heavy (non-hydrogen) atoms. The lowest BCUT2D eigenvalue weighted by Gasteiger charge is -2.31. The summed E-state index contributed by atoms with van der Waals surface area (Å²) in [7, 11) is 1.78. The summed E-state index contributed by atoms with van der Waals surface area (Å²) in [6.07, 6.45) is 4.73. The van der Waals surface area contributed by atoms with Crippen LogP contribution in [0.3, 0.4) is 0 Å². The summed E-state index contributed by atoms with van der Waals surface area (Å²) in [6.45, 7) is 2.78. The van der Waals surface area contributed by atoms with E-state index in [9.17, 15) is 0 Å². The molecule has 2 aliphatic rings. The highest BCUT2D eigenvalue weighted by atomic mass is 32.1. The predicted molar refractivity (Wildman–Crippen MR) is 66.1 cm³/mol. The molecule has 2 aliphatic heterocycles. The van der Waals surface area contributed by atoms with Crippen LogP contribution in [0, 0.1) is 0 Å². The van der Waals surface area contributed by atoms with Crippen molar-refractivity contribution in [2.24, 2.45) is 0 Å². The maximum atomic E-state index is 5.87. The lowest BCUT2D eigenvalue weighted by atomic mass is 10.0. The van der Waals surface area contributed by atoms with E-state index in [1.54, 1.807) is 18.4 Å². The second-order valence-electron chi connectivity index (χ2n) is 4.67. The summed E-state index contributed by atoms with van der Waals surface area (Å²) in [4.78, 5) is 6.83. The molecule has 0 spiro atoms. The highest BCUT2D eigenvalue weighted by Crippen LogP contribution is 2.31. The molecule has 3 rings (SSSR count). The number of likely N-dealkylation sites (tertiary alicyclic amines) is 1. The van der Waals surface area contributed by atoms with Crippen LogP contribution >= 0.6 is 11.3 Å². The molecule has 2 saturated heterocycles. The van der Waals surface area contributed by atoms with Crippen LogP contribution in [-0.2, 0) is 16.0 Å². The summed E-state index contributed by atoms with van der Waals surface area (Å²) in [5.41, 5.74) is 0. The van der Waals surface area contributed by atoms with E-state index in [-0.39, 0.29) is 12.2 Å². The van der Waals surface area contributed by atoms with Crippen molar-refractivity contribution in [2.75, 3.05) is 20.3 Å². The summed E-state index contributed by atoms with van der Waals surface area (Å²) in [5.74, 6) is 0. The molecule has 4 nitrogen and oxygen atoms in total. The molecule has 5 heteroatoms. The van der Waals surface area contributed by atoms with E-state index in [0.717, 1.165) is 26.1 Å². The number of ether oxygens (including phenoxy) is 2. The van der Waals surface area contributed by atoms with Crippen LogP contribution in [0.15, 0.2) is 11.6 Å². The summed E-state index contributed by atoms with van der Waals surface area (Å²) < 4.78 is 11.4. The number of rotatable bonds is 3. The first-order valence-corrected chi connectivity index (χ1v) is 7.03. The van der Waals surface area contributed by atoms with Gasteiger partial charge in [0.25, 0.3) is 0 Å². The lowest BCUT2D eigenvalue weighted by Crippen LogP contribution is -2.41. The maximum absolute atomic E-state index is 5.87. The molecular weight excluding hydrogens is 236 g/mol. The van der Waals surface area contributed by atoms with E-state index in [0.29, 0.717) is 6.04 Å². The fourth-order valence-electron chi connectivity index (χ4n) is 2.90. The molecule has 3 atom stereocenters. The van der Waals surface area contributed by atoms with E-state index in [1.807, 2.05) is 11.6 Å². The van der Waals surface area contributed by atoms with Crippen LogP contribution in [0.2, 0.25) is 0 Å². The first-order valence-electron chi connectivity index (χ1n) is 6.15. The second-order valence-corrected chi connectivity index (χ2v) is 5.65. The van der Waals surface area contributed by atoms with E-state index >= 15 is 0 Å². The third-order valence-corrected chi connectivity index (χ3v) is 4.47. The molecule has 1 aromatic heterocycles. The molecule has 0 aliphatic carbocycles. The van der Waals surface area contributed by atoms with E-state index in [4.69, 9.17) is 9.47 Å². The molecule has 0 unspecified atom stereocenters. The van der Waals surface area contributed by atoms with E-state index < -0.39 is 0 Å². The van der Waals surface area contributed by atoms with Crippen molar-refractivity contribution in [1.29, 1.82) is 0 Å². The van der Waals surface area contributed by atoms with Gasteiger partial charge in [-0.05, 0) is 12.8 Å². The van der Waals surface area contributed by atoms with Crippen molar-refractivity contribution in [1.82, 2.24) is 9.88 Å². The van der Waals surface area contributed by atoms with Crippen LogP contribution in [-0.4, -0.2) is 48.4 Å². The quantitative estimate of drug-likeness (QED) is 0.819. The number of fused-ring (bicyclic) bond motifs is 1. The lowest BCUT2D eigenvalue weighted by molar-refractivity contribution is -0.0655. The Kier molecular flexibility index (Phi) is 3.42. The molecule has 1 aromatic rings. The zero-order valence-electron chi connectivity index (χ0n) is 10.0. The first kappa shape index (κ1) is 11.6. The largest absolute Gasteiger partial charge is 0.377 e. The Balaban J connectivity index is 1.72. The SMILES string of the molecule is CO[C@@H]1CN(Cc2nccs2)[C@H]2CCCO[C@@H]12. The van der Waals surface area contributed by atoms with Crippen LogP contribution in [0.5, 0.6) is 0 Å². The zero-order chi connectivity index (χ0) is 11.7. The third-order valence-electron chi connectivity index (χ3n) is 3.71. The zero-order valence-corrected chi connectivity index (χ0v) is 10.9. The fourth-order valence-corrected chi connectivity index (χ4v) is 3.54. The molecule has 0 amide bonds. The minimum atomic E-state index is 0.222. The highest BCUT2D eigenvalue weighted by molar-refractivity contribution is 7.09. The normalized spacial score (nSPS) is 33.8. The minimum absolute atomic E-state index is 0.222. The highest BCUT2D eigenvalue weighted by Gasteiger charge is 2.44. The van der Waals surface area contributed by atoms with Gasteiger partial charge in [0.15, 0.2) is 0 Å². The van der Waals surface area contributed by atoms with Gasteiger partial charge in [-0.25, -0.2) is 4.98 Å². The Hall–Kier alpha value is -0.490. The number of hydrogen-bond donors (Lipinski definition) is 0. The Labute approximate surface area is 106 Å².